The monoisotopic (exact) mass is 338 g/mol. The van der Waals surface area contributed by atoms with Crippen LogP contribution in [-0.4, -0.2) is 45.2 Å². The lowest BCUT2D eigenvalue weighted by Crippen LogP contribution is -2.36. The number of morpholine rings is 1. The molecule has 2 amide bonds. The normalized spacial score (nSPS) is 17.0. The van der Waals surface area contributed by atoms with Crippen LogP contribution in [0.25, 0.3) is 0 Å². The van der Waals surface area contributed by atoms with Crippen molar-refractivity contribution in [3.63, 3.8) is 0 Å². The smallest absolute Gasteiger partial charge is 0.266 e. The van der Waals surface area contributed by atoms with Crippen molar-refractivity contribution in [3.05, 3.63) is 53.6 Å². The summed E-state index contributed by atoms with van der Waals surface area (Å²) >= 11 is 0. The fourth-order valence-corrected chi connectivity index (χ4v) is 3.29. The Balaban J connectivity index is 1.70. The molecule has 2 aliphatic rings. The molecule has 0 radical (unpaired) electrons. The van der Waals surface area contributed by atoms with Crippen molar-refractivity contribution < 1.29 is 19.1 Å². The highest BCUT2D eigenvalue weighted by molar-refractivity contribution is 6.34. The quantitative estimate of drug-likeness (QED) is 0.804. The number of methoxy groups -OCH3 is 1. The van der Waals surface area contributed by atoms with E-state index in [2.05, 4.69) is 4.90 Å². The molecule has 4 rings (SSSR count). The lowest BCUT2D eigenvalue weighted by atomic mass is 10.1. The molecule has 2 aliphatic heterocycles. The van der Waals surface area contributed by atoms with E-state index in [1.165, 1.54) is 4.90 Å². The predicted octanol–water partition coefficient (Wildman–Crippen LogP) is 2.33. The second kappa shape index (κ2) is 6.22. The molecule has 0 aliphatic carbocycles. The summed E-state index contributed by atoms with van der Waals surface area (Å²) in [5.74, 6) is 0.0273. The topological polar surface area (TPSA) is 59.1 Å². The van der Waals surface area contributed by atoms with Crippen molar-refractivity contribution in [1.29, 1.82) is 0 Å². The van der Waals surface area contributed by atoms with E-state index in [-0.39, 0.29) is 11.8 Å². The lowest BCUT2D eigenvalue weighted by molar-refractivity contribution is 0.0926. The number of nitrogens with zero attached hydrogens (tertiary/aromatic N) is 2. The second-order valence-electron chi connectivity index (χ2n) is 5.95. The molecule has 2 heterocycles. The van der Waals surface area contributed by atoms with Gasteiger partial charge >= 0.3 is 0 Å². The van der Waals surface area contributed by atoms with E-state index >= 15 is 0 Å². The van der Waals surface area contributed by atoms with Gasteiger partial charge in [-0.2, -0.15) is 0 Å². The number of benzene rings is 2. The van der Waals surface area contributed by atoms with Crippen LogP contribution >= 0.6 is 0 Å². The minimum absolute atomic E-state index is 0.304. The molecule has 0 bridgehead atoms. The first kappa shape index (κ1) is 15.7. The van der Waals surface area contributed by atoms with Crippen LogP contribution in [0.4, 0.5) is 11.4 Å². The van der Waals surface area contributed by atoms with Gasteiger partial charge in [-0.15, -0.1) is 0 Å². The maximum atomic E-state index is 12.6. The Bertz CT molecular complexity index is 808. The van der Waals surface area contributed by atoms with Crippen molar-refractivity contribution in [2.45, 2.75) is 0 Å². The fourth-order valence-electron chi connectivity index (χ4n) is 3.29. The second-order valence-corrected chi connectivity index (χ2v) is 5.95. The van der Waals surface area contributed by atoms with Crippen LogP contribution in [0.5, 0.6) is 5.75 Å². The molecular formula is C19H18N2O4. The minimum atomic E-state index is -0.304. The molecule has 2 aromatic carbocycles. The van der Waals surface area contributed by atoms with Gasteiger partial charge < -0.3 is 14.4 Å². The number of ether oxygens (including phenoxy) is 2. The number of amides is 2. The maximum absolute atomic E-state index is 12.6. The molecule has 6 nitrogen and oxygen atoms in total. The molecule has 2 aromatic rings. The van der Waals surface area contributed by atoms with Crippen molar-refractivity contribution >= 4 is 23.2 Å². The predicted molar refractivity (Wildman–Crippen MR) is 93.6 cm³/mol. The third kappa shape index (κ3) is 2.55. The van der Waals surface area contributed by atoms with E-state index in [1.54, 1.807) is 43.5 Å². The Hall–Kier alpha value is -2.86. The van der Waals surface area contributed by atoms with Crippen molar-refractivity contribution in [2.24, 2.45) is 0 Å². The molecule has 0 atom stereocenters. The number of carbonyl (C=O) groups excluding carboxylic acids is 2. The molecule has 0 unspecified atom stereocenters. The van der Waals surface area contributed by atoms with E-state index in [1.807, 2.05) is 6.07 Å². The zero-order valence-electron chi connectivity index (χ0n) is 13.9. The van der Waals surface area contributed by atoms with E-state index < -0.39 is 0 Å². The summed E-state index contributed by atoms with van der Waals surface area (Å²) < 4.78 is 10.9. The molecule has 25 heavy (non-hydrogen) atoms. The zero-order valence-corrected chi connectivity index (χ0v) is 13.9. The summed E-state index contributed by atoms with van der Waals surface area (Å²) in [5.41, 5.74) is 2.32. The molecule has 0 spiro atoms. The van der Waals surface area contributed by atoms with Gasteiger partial charge in [0, 0.05) is 19.2 Å². The Morgan fingerprint density at radius 3 is 2.20 bits per heavy atom. The van der Waals surface area contributed by atoms with Gasteiger partial charge in [-0.25, -0.2) is 4.90 Å². The third-order valence-corrected chi connectivity index (χ3v) is 4.57. The molecule has 1 fully saturated rings. The third-order valence-electron chi connectivity index (χ3n) is 4.57. The molecule has 6 heteroatoms. The first-order chi connectivity index (χ1) is 12.2. The van der Waals surface area contributed by atoms with Crippen LogP contribution in [-0.2, 0) is 4.74 Å². The van der Waals surface area contributed by atoms with Gasteiger partial charge in [0.05, 0.1) is 42.8 Å². The van der Waals surface area contributed by atoms with Crippen molar-refractivity contribution in [1.82, 2.24) is 0 Å². The average molecular weight is 338 g/mol. The summed E-state index contributed by atoms with van der Waals surface area (Å²) in [6.07, 6.45) is 0. The Labute approximate surface area is 145 Å². The van der Waals surface area contributed by atoms with Crippen molar-refractivity contribution in [3.8, 4) is 5.75 Å². The van der Waals surface area contributed by atoms with Gasteiger partial charge in [0.15, 0.2) is 0 Å². The van der Waals surface area contributed by atoms with Crippen LogP contribution in [0, 0.1) is 0 Å². The summed E-state index contributed by atoms with van der Waals surface area (Å²) in [6.45, 7) is 2.90. The number of hydrogen-bond donors (Lipinski definition) is 0. The van der Waals surface area contributed by atoms with E-state index in [4.69, 9.17) is 9.47 Å². The Kier molecular flexibility index (Phi) is 3.89. The van der Waals surface area contributed by atoms with Gasteiger partial charge in [-0.05, 0) is 24.3 Å². The maximum Gasteiger partial charge on any atom is 0.266 e. The Morgan fingerprint density at radius 1 is 0.960 bits per heavy atom. The molecule has 128 valence electrons. The van der Waals surface area contributed by atoms with Gasteiger partial charge in [-0.1, -0.05) is 12.1 Å². The molecular weight excluding hydrogens is 320 g/mol. The van der Waals surface area contributed by atoms with Gasteiger partial charge in [0.25, 0.3) is 11.8 Å². The van der Waals surface area contributed by atoms with Crippen LogP contribution in [0.1, 0.15) is 20.7 Å². The summed E-state index contributed by atoms with van der Waals surface area (Å²) in [5, 5.41) is 0. The molecule has 1 saturated heterocycles. The first-order valence-corrected chi connectivity index (χ1v) is 8.19. The van der Waals surface area contributed by atoms with Gasteiger partial charge in [0.2, 0.25) is 0 Å². The molecule has 0 aromatic heterocycles. The number of anilines is 2. The lowest BCUT2D eigenvalue weighted by Gasteiger charge is -2.30. The highest BCUT2D eigenvalue weighted by Crippen LogP contribution is 2.36. The van der Waals surface area contributed by atoms with Gasteiger partial charge in [-0.3, -0.25) is 9.59 Å². The van der Waals surface area contributed by atoms with Crippen LogP contribution in [0.2, 0.25) is 0 Å². The first-order valence-electron chi connectivity index (χ1n) is 8.19. The largest absolute Gasteiger partial charge is 0.495 e. The number of fused-ring (bicyclic) bond motifs is 1. The fraction of sp³-hybridized carbons (Fsp3) is 0.263. The SMILES string of the molecule is COc1cc(N2C(=O)c3ccccc3C2=O)ccc1N1CCOCC1. The van der Waals surface area contributed by atoms with Gasteiger partial charge in [0.1, 0.15) is 5.75 Å². The number of hydrogen-bond acceptors (Lipinski definition) is 5. The summed E-state index contributed by atoms with van der Waals surface area (Å²) in [7, 11) is 1.59. The van der Waals surface area contributed by atoms with E-state index in [0.29, 0.717) is 35.8 Å². The van der Waals surface area contributed by atoms with E-state index in [9.17, 15) is 9.59 Å². The standard InChI is InChI=1S/C19H18N2O4/c1-24-17-12-13(6-7-16(17)20-8-10-25-11-9-20)21-18(22)14-4-2-3-5-15(14)19(21)23/h2-7,12H,8-11H2,1H3. The highest BCUT2D eigenvalue weighted by atomic mass is 16.5. The summed E-state index contributed by atoms with van der Waals surface area (Å²) in [6, 6.07) is 12.3. The number of rotatable bonds is 3. The zero-order chi connectivity index (χ0) is 17.4. The Morgan fingerprint density at radius 2 is 1.60 bits per heavy atom. The van der Waals surface area contributed by atoms with E-state index in [0.717, 1.165) is 18.8 Å². The molecule has 0 saturated carbocycles. The number of imide groups is 1. The van der Waals surface area contributed by atoms with Crippen LogP contribution < -0.4 is 14.5 Å². The highest BCUT2D eigenvalue weighted by Gasteiger charge is 2.36. The van der Waals surface area contributed by atoms with Crippen LogP contribution in [0.3, 0.4) is 0 Å². The van der Waals surface area contributed by atoms with Crippen molar-refractivity contribution in [2.75, 3.05) is 43.2 Å². The van der Waals surface area contributed by atoms with Crippen LogP contribution in [0.15, 0.2) is 42.5 Å². The minimum Gasteiger partial charge on any atom is -0.495 e. The number of carbonyl (C=O) groups is 2. The average Bonchev–Trinajstić information content (AvgIpc) is 2.93. The molecule has 0 N–H and O–H groups in total. The summed E-state index contributed by atoms with van der Waals surface area (Å²) in [4.78, 5) is 28.6.